The van der Waals surface area contributed by atoms with Gasteiger partial charge in [0.25, 0.3) is 0 Å². The van der Waals surface area contributed by atoms with E-state index in [1.807, 2.05) is 12.1 Å². The van der Waals surface area contributed by atoms with Crippen LogP contribution in [0.15, 0.2) is 24.3 Å². The van der Waals surface area contributed by atoms with Crippen molar-refractivity contribution in [1.82, 2.24) is 0 Å². The molecule has 0 atom stereocenters. The van der Waals surface area contributed by atoms with Gasteiger partial charge in [-0.05, 0) is 18.4 Å². The lowest BCUT2D eigenvalue weighted by Gasteiger charge is -2.07. The van der Waals surface area contributed by atoms with Crippen LogP contribution < -0.4 is 5.73 Å². The van der Waals surface area contributed by atoms with E-state index < -0.39 is 0 Å². The predicted octanol–water partition coefficient (Wildman–Crippen LogP) is 4.22. The Kier molecular flexibility index (Phi) is 6.87. The van der Waals surface area contributed by atoms with Gasteiger partial charge in [0, 0.05) is 5.56 Å². The maximum absolute atomic E-state index is 5.72. The van der Waals surface area contributed by atoms with Crippen molar-refractivity contribution in [3.05, 3.63) is 35.4 Å². The van der Waals surface area contributed by atoms with Gasteiger partial charge in [-0.25, -0.2) is 0 Å². The molecule has 2 heteroatoms. The van der Waals surface area contributed by atoms with Gasteiger partial charge < -0.3 is 5.73 Å². The molecule has 0 aromatic heterocycles. The van der Waals surface area contributed by atoms with Gasteiger partial charge in [-0.3, -0.25) is 0 Å². The largest absolute Gasteiger partial charge is 0.389 e. The molecule has 0 radical (unpaired) electrons. The third kappa shape index (κ3) is 5.31. The highest BCUT2D eigenvalue weighted by molar-refractivity contribution is 7.80. The Morgan fingerprint density at radius 1 is 1.06 bits per heavy atom. The molecule has 0 fully saturated rings. The first-order chi connectivity index (χ1) is 8.25. The Bertz CT molecular complexity index is 347. The Labute approximate surface area is 110 Å². The van der Waals surface area contributed by atoms with Crippen LogP contribution in [0, 0.1) is 0 Å². The molecule has 1 nitrogen and oxygen atoms in total. The Balaban J connectivity index is 2.34. The minimum absolute atomic E-state index is 0.520. The molecule has 0 heterocycles. The zero-order valence-corrected chi connectivity index (χ0v) is 11.6. The number of nitrogens with two attached hydrogens (primary N) is 1. The number of hydrogen-bond donors (Lipinski definition) is 1. The summed E-state index contributed by atoms with van der Waals surface area (Å²) < 4.78 is 0. The van der Waals surface area contributed by atoms with Crippen LogP contribution in [0.5, 0.6) is 0 Å². The van der Waals surface area contributed by atoms with Crippen LogP contribution >= 0.6 is 12.2 Å². The minimum atomic E-state index is 0.520. The van der Waals surface area contributed by atoms with E-state index in [2.05, 4.69) is 19.1 Å². The molecule has 1 rings (SSSR count). The molecule has 94 valence electrons. The van der Waals surface area contributed by atoms with Gasteiger partial charge in [0.05, 0.1) is 0 Å². The molecule has 0 unspecified atom stereocenters. The van der Waals surface area contributed by atoms with Gasteiger partial charge in [-0.2, -0.15) is 0 Å². The first-order valence-corrected chi connectivity index (χ1v) is 7.04. The van der Waals surface area contributed by atoms with Crippen molar-refractivity contribution in [2.45, 2.75) is 51.9 Å². The molecule has 0 saturated carbocycles. The fourth-order valence-electron chi connectivity index (χ4n) is 2.07. The molecule has 0 aliphatic rings. The average Bonchev–Trinajstić information content (AvgIpc) is 2.34. The van der Waals surface area contributed by atoms with Gasteiger partial charge in [-0.15, -0.1) is 0 Å². The molecule has 2 N–H and O–H groups in total. The second-order valence-electron chi connectivity index (χ2n) is 4.54. The highest BCUT2D eigenvalue weighted by atomic mass is 32.1. The van der Waals surface area contributed by atoms with Crippen molar-refractivity contribution >= 4 is 17.2 Å². The molecule has 17 heavy (non-hydrogen) atoms. The second-order valence-corrected chi connectivity index (χ2v) is 4.98. The van der Waals surface area contributed by atoms with Gasteiger partial charge in [0.15, 0.2) is 0 Å². The molecule has 0 spiro atoms. The zero-order valence-electron chi connectivity index (χ0n) is 10.7. The normalized spacial score (nSPS) is 10.4. The summed E-state index contributed by atoms with van der Waals surface area (Å²) in [5, 5.41) is 0. The van der Waals surface area contributed by atoms with E-state index in [-0.39, 0.29) is 0 Å². The summed E-state index contributed by atoms with van der Waals surface area (Å²) in [5.74, 6) is 0. The summed E-state index contributed by atoms with van der Waals surface area (Å²) in [4.78, 5) is 0.520. The lowest BCUT2D eigenvalue weighted by Crippen LogP contribution is -2.12. The average molecular weight is 249 g/mol. The Hall–Kier alpha value is -0.890. The fourth-order valence-corrected chi connectivity index (χ4v) is 2.27. The lowest BCUT2D eigenvalue weighted by atomic mass is 10.0. The summed E-state index contributed by atoms with van der Waals surface area (Å²) in [5.41, 5.74) is 8.07. The molecule has 0 bridgehead atoms. The van der Waals surface area contributed by atoms with Gasteiger partial charge in [0.1, 0.15) is 4.99 Å². The van der Waals surface area contributed by atoms with E-state index in [9.17, 15) is 0 Å². The van der Waals surface area contributed by atoms with E-state index in [0.29, 0.717) is 4.99 Å². The van der Waals surface area contributed by atoms with E-state index >= 15 is 0 Å². The first kappa shape index (κ1) is 14.2. The van der Waals surface area contributed by atoms with Crippen LogP contribution in [-0.2, 0) is 6.42 Å². The van der Waals surface area contributed by atoms with Crippen molar-refractivity contribution in [2.24, 2.45) is 5.73 Å². The Morgan fingerprint density at radius 3 is 2.41 bits per heavy atom. The van der Waals surface area contributed by atoms with Gasteiger partial charge in [-0.1, -0.05) is 75.5 Å². The SMILES string of the molecule is CCCCCCCCc1ccccc1C(N)=S. The number of benzene rings is 1. The van der Waals surface area contributed by atoms with Crippen molar-refractivity contribution < 1.29 is 0 Å². The highest BCUT2D eigenvalue weighted by Crippen LogP contribution is 2.14. The van der Waals surface area contributed by atoms with E-state index in [0.717, 1.165) is 12.0 Å². The molecule has 0 amide bonds. The highest BCUT2D eigenvalue weighted by Gasteiger charge is 2.03. The van der Waals surface area contributed by atoms with Crippen molar-refractivity contribution in [1.29, 1.82) is 0 Å². The second kappa shape index (κ2) is 8.24. The van der Waals surface area contributed by atoms with Gasteiger partial charge in [0.2, 0.25) is 0 Å². The molecule has 0 aliphatic carbocycles. The van der Waals surface area contributed by atoms with E-state index in [4.69, 9.17) is 18.0 Å². The molecule has 0 aliphatic heterocycles. The molecule has 1 aromatic carbocycles. The minimum Gasteiger partial charge on any atom is -0.389 e. The quantitative estimate of drug-likeness (QED) is 0.551. The zero-order chi connectivity index (χ0) is 12.5. The molecule has 0 saturated heterocycles. The first-order valence-electron chi connectivity index (χ1n) is 6.63. The number of unbranched alkanes of at least 4 members (excludes halogenated alkanes) is 5. The van der Waals surface area contributed by atoms with Crippen LogP contribution in [0.25, 0.3) is 0 Å². The van der Waals surface area contributed by atoms with Crippen LogP contribution in [0.1, 0.15) is 56.6 Å². The smallest absolute Gasteiger partial charge is 0.104 e. The van der Waals surface area contributed by atoms with Crippen LogP contribution in [0.4, 0.5) is 0 Å². The van der Waals surface area contributed by atoms with E-state index in [1.165, 1.54) is 44.1 Å². The predicted molar refractivity (Wildman–Crippen MR) is 79.4 cm³/mol. The third-order valence-corrected chi connectivity index (χ3v) is 3.30. The van der Waals surface area contributed by atoms with Crippen LogP contribution in [0.2, 0.25) is 0 Å². The number of aryl methyl sites for hydroxylation is 1. The summed E-state index contributed by atoms with van der Waals surface area (Å²) in [6.45, 7) is 2.25. The van der Waals surface area contributed by atoms with Crippen molar-refractivity contribution in [3.63, 3.8) is 0 Å². The van der Waals surface area contributed by atoms with Crippen LogP contribution in [-0.4, -0.2) is 4.99 Å². The molecule has 1 aromatic rings. The summed E-state index contributed by atoms with van der Waals surface area (Å²) in [6.07, 6.45) is 9.04. The number of hydrogen-bond acceptors (Lipinski definition) is 1. The standard InChI is InChI=1S/C15H23NS/c1-2-3-4-5-6-7-10-13-11-8-9-12-14(13)15(16)17/h8-9,11-12H,2-7,10H2,1H3,(H2,16,17). The van der Waals surface area contributed by atoms with Crippen LogP contribution in [0.3, 0.4) is 0 Å². The summed E-state index contributed by atoms with van der Waals surface area (Å²) >= 11 is 5.06. The maximum atomic E-state index is 5.72. The summed E-state index contributed by atoms with van der Waals surface area (Å²) in [7, 11) is 0. The number of thiocarbonyl (C=S) groups is 1. The van der Waals surface area contributed by atoms with E-state index in [1.54, 1.807) is 0 Å². The van der Waals surface area contributed by atoms with Gasteiger partial charge >= 0.3 is 0 Å². The Morgan fingerprint density at radius 2 is 1.71 bits per heavy atom. The molecular formula is C15H23NS. The lowest BCUT2D eigenvalue weighted by molar-refractivity contribution is 0.607. The monoisotopic (exact) mass is 249 g/mol. The maximum Gasteiger partial charge on any atom is 0.104 e. The number of rotatable bonds is 8. The van der Waals surface area contributed by atoms with Crippen molar-refractivity contribution in [3.8, 4) is 0 Å². The topological polar surface area (TPSA) is 26.0 Å². The fraction of sp³-hybridized carbons (Fsp3) is 0.533. The summed E-state index contributed by atoms with van der Waals surface area (Å²) in [6, 6.07) is 8.22. The third-order valence-electron chi connectivity index (χ3n) is 3.08. The van der Waals surface area contributed by atoms with Crippen molar-refractivity contribution in [2.75, 3.05) is 0 Å². The molecular weight excluding hydrogens is 226 g/mol.